The lowest BCUT2D eigenvalue weighted by Crippen LogP contribution is -2.50. The molecule has 520 valence electrons. The second-order valence-corrected chi connectivity index (χ2v) is 25.3. The van der Waals surface area contributed by atoms with Crippen LogP contribution in [0.25, 0.3) is 33.4 Å². The number of carbonyl (C=O) groups is 7. The van der Waals surface area contributed by atoms with Gasteiger partial charge in [-0.2, -0.15) is 0 Å². The van der Waals surface area contributed by atoms with Gasteiger partial charge in [0.15, 0.2) is 5.78 Å². The third-order valence-corrected chi connectivity index (χ3v) is 18.6. The van der Waals surface area contributed by atoms with Crippen molar-refractivity contribution in [2.75, 3.05) is 63.8 Å². The molecule has 7 aromatic rings. The summed E-state index contributed by atoms with van der Waals surface area (Å²) in [5.41, 5.74) is 7.84. The van der Waals surface area contributed by atoms with Gasteiger partial charge in [0.05, 0.1) is 48.1 Å². The van der Waals surface area contributed by atoms with Crippen LogP contribution in [0.5, 0.6) is 0 Å². The summed E-state index contributed by atoms with van der Waals surface area (Å²) in [6.07, 6.45) is 2.40. The molecule has 0 saturated carbocycles. The van der Waals surface area contributed by atoms with Crippen molar-refractivity contribution in [1.82, 2.24) is 50.6 Å². The van der Waals surface area contributed by atoms with Crippen molar-refractivity contribution in [3.8, 4) is 22.5 Å². The van der Waals surface area contributed by atoms with Crippen molar-refractivity contribution in [1.29, 1.82) is 0 Å². The zero-order valence-electron chi connectivity index (χ0n) is 56.9. The van der Waals surface area contributed by atoms with Crippen LogP contribution in [0.15, 0.2) is 174 Å². The van der Waals surface area contributed by atoms with E-state index in [4.69, 9.17) is 16.0 Å². The number of halogens is 2. The van der Waals surface area contributed by atoms with E-state index >= 15 is 0 Å². The van der Waals surface area contributed by atoms with Crippen LogP contribution in [0.2, 0.25) is 5.02 Å². The third-order valence-electron chi connectivity index (χ3n) is 18.3. The molecule has 1 unspecified atom stereocenters. The minimum Gasteiger partial charge on any atom is -0.456 e. The quantitative estimate of drug-likeness (QED) is 0.0118. The number of ketones is 1. The highest BCUT2D eigenvalue weighted by Gasteiger charge is 2.31. The fourth-order valence-corrected chi connectivity index (χ4v) is 12.9. The van der Waals surface area contributed by atoms with E-state index in [0.29, 0.717) is 79.9 Å². The number of carbonyl (C=O) groups excluding carboxylic acids is 7. The monoisotopic (exact) mass is 1370 g/mol. The zero-order chi connectivity index (χ0) is 70.7. The smallest absolute Gasteiger partial charge is 0.254 e. The second-order valence-electron chi connectivity index (χ2n) is 24.9. The lowest BCUT2D eigenvalue weighted by atomic mass is 9.90. The lowest BCUT2D eigenvalue weighted by Gasteiger charge is -2.35. The Morgan fingerprint density at radius 1 is 0.660 bits per heavy atom. The van der Waals surface area contributed by atoms with Crippen LogP contribution in [-0.2, 0) is 45.1 Å². The van der Waals surface area contributed by atoms with Gasteiger partial charge in [-0.1, -0.05) is 126 Å². The minimum absolute atomic E-state index is 0.00312. The molecule has 0 radical (unpaired) electrons. The first-order chi connectivity index (χ1) is 48.5. The van der Waals surface area contributed by atoms with Crippen molar-refractivity contribution in [3.63, 3.8) is 0 Å². The lowest BCUT2D eigenvalue weighted by molar-refractivity contribution is -0.134. The molecule has 1 fully saturated rings. The molecule has 3 heterocycles. The van der Waals surface area contributed by atoms with Gasteiger partial charge in [0.2, 0.25) is 29.0 Å². The van der Waals surface area contributed by atoms with E-state index in [-0.39, 0.29) is 85.2 Å². The standard InChI is InChI=1S/C78H85ClFN11O9/c1-5-87(6-2)58-32-35-63-69(47-58)100-70-48-59(88(7-3)8-4)33-36-64(70)74(63)60-24-17-18-25-61(60)78(99)90-42-40-89(41-43-90)73(95)38-37-71(93)81-39-19-11-16-26-72(94)83-67(45-53-27-29-55(30-28-53)75(96)54-22-14-10-15-23-54)77(98)82-49-57-50-91(86-85-57)51-68(92)66(44-52-20-12-9-13-21-52)84-76(97)62-34-31-56(80)46-65(62)79/h9-10,12-15,17-18,20-25,27-36,46-48,50,66-68,92H,5-8,11,16,19,26,37-45,49,51H2,1-4H3,(H3-,81,82,83,84,93,94,97,98)/p+1/t66-,67-,68?/m0/s1. The molecule has 1 saturated heterocycles. The number of anilines is 1. The molecule has 22 heteroatoms. The number of hydrogen-bond donors (Lipinski definition) is 5. The number of nitrogens with one attached hydrogen (secondary N) is 4. The number of benzene rings is 7. The molecule has 6 aromatic carbocycles. The van der Waals surface area contributed by atoms with Crippen LogP contribution in [0, 0.1) is 5.82 Å². The van der Waals surface area contributed by atoms with Crippen LogP contribution in [-0.4, -0.2) is 148 Å². The SMILES string of the molecule is CCN(CC)c1ccc2c(-c3ccccc3C(=O)N3CCN(C(=O)CCC(=O)NCCCCCC(=O)N[C@@H](Cc4ccc(C(=O)c5ccccc5)cc4)C(=O)NCc4cn(CC(O)[C@H](Cc5ccccc5)NC(=O)c5ccc(F)cc5Cl)nn4)CC3)c3ccc(=[N+](CC)CC)cc-3oc2c1. The fraction of sp³-hybridized carbons (Fsp3) is 0.333. The molecule has 20 nitrogen and oxygen atoms in total. The minimum atomic E-state index is -1.19. The van der Waals surface area contributed by atoms with Crippen LogP contribution in [0.1, 0.15) is 120 Å². The number of aliphatic hydroxyl groups excluding tert-OH is 1. The predicted molar refractivity (Wildman–Crippen MR) is 384 cm³/mol. The number of rotatable bonds is 31. The van der Waals surface area contributed by atoms with Gasteiger partial charge >= 0.3 is 0 Å². The summed E-state index contributed by atoms with van der Waals surface area (Å²) in [7, 11) is 0. The van der Waals surface area contributed by atoms with Gasteiger partial charge in [0.1, 0.15) is 42.0 Å². The van der Waals surface area contributed by atoms with E-state index in [0.717, 1.165) is 88.3 Å². The zero-order valence-corrected chi connectivity index (χ0v) is 57.7. The molecular weight excluding hydrogens is 1290 g/mol. The topological polar surface area (TPSA) is 244 Å². The van der Waals surface area contributed by atoms with Crippen molar-refractivity contribution in [2.24, 2.45) is 0 Å². The van der Waals surface area contributed by atoms with Crippen LogP contribution < -0.4 is 36.1 Å². The van der Waals surface area contributed by atoms with Gasteiger partial charge < -0.3 is 45.5 Å². The number of piperazine rings is 1. The molecule has 1 aromatic heterocycles. The maximum atomic E-state index is 14.6. The summed E-state index contributed by atoms with van der Waals surface area (Å²) >= 11 is 6.21. The number of nitrogens with zero attached hydrogens (tertiary/aromatic N) is 7. The number of amides is 6. The second kappa shape index (κ2) is 34.9. The maximum Gasteiger partial charge on any atom is 0.254 e. The van der Waals surface area contributed by atoms with Gasteiger partial charge in [0, 0.05) is 123 Å². The van der Waals surface area contributed by atoms with Crippen LogP contribution >= 0.6 is 11.6 Å². The Morgan fingerprint density at radius 3 is 2.07 bits per heavy atom. The molecule has 5 N–H and O–H groups in total. The van der Waals surface area contributed by atoms with E-state index < -0.39 is 35.8 Å². The molecule has 3 aliphatic rings. The van der Waals surface area contributed by atoms with Gasteiger partial charge in [-0.15, -0.1) is 5.10 Å². The van der Waals surface area contributed by atoms with E-state index in [2.05, 4.69) is 105 Å². The van der Waals surface area contributed by atoms with Crippen molar-refractivity contribution in [2.45, 2.75) is 110 Å². The first-order valence-corrected chi connectivity index (χ1v) is 34.8. The Morgan fingerprint density at radius 2 is 1.35 bits per heavy atom. The van der Waals surface area contributed by atoms with Crippen molar-refractivity contribution < 1.29 is 47.5 Å². The molecule has 6 amide bonds. The molecule has 0 bridgehead atoms. The number of unbranched alkanes of at least 4 members (excludes halogenated alkanes) is 2. The number of aromatic nitrogens is 3. The Kier molecular flexibility index (Phi) is 25.3. The Balaban J connectivity index is 0.691. The first-order valence-electron chi connectivity index (χ1n) is 34.4. The van der Waals surface area contributed by atoms with Crippen LogP contribution in [0.3, 0.4) is 0 Å². The molecule has 1 aliphatic carbocycles. The van der Waals surface area contributed by atoms with E-state index in [1.54, 1.807) is 64.5 Å². The first kappa shape index (κ1) is 72.4. The Hall–Kier alpha value is -10.4. The average Bonchev–Trinajstić information content (AvgIpc) is 0.770. The highest BCUT2D eigenvalue weighted by Crippen LogP contribution is 2.42. The van der Waals surface area contributed by atoms with Gasteiger partial charge in [0.25, 0.3) is 11.8 Å². The Bertz CT molecular complexity index is 4380. The number of aliphatic hydroxyl groups is 1. The fourth-order valence-electron chi connectivity index (χ4n) is 12.7. The van der Waals surface area contributed by atoms with Crippen LogP contribution in [0.4, 0.5) is 10.1 Å². The largest absolute Gasteiger partial charge is 0.456 e. The number of fused-ring (bicyclic) bond motifs is 2. The van der Waals surface area contributed by atoms with Gasteiger partial charge in [-0.05, 0) is 106 Å². The van der Waals surface area contributed by atoms with Gasteiger partial charge in [-0.25, -0.2) is 13.6 Å². The molecule has 10 rings (SSSR count). The predicted octanol–water partition coefficient (Wildman–Crippen LogP) is 9.67. The Labute approximate surface area is 586 Å². The average molecular weight is 1380 g/mol. The normalized spacial score (nSPS) is 13.1. The summed E-state index contributed by atoms with van der Waals surface area (Å²) < 4.78 is 24.2. The summed E-state index contributed by atoms with van der Waals surface area (Å²) in [4.78, 5) is 101. The maximum absolute atomic E-state index is 14.6. The van der Waals surface area contributed by atoms with Crippen molar-refractivity contribution >= 4 is 69.5 Å². The highest BCUT2D eigenvalue weighted by atomic mass is 35.5. The molecule has 3 atom stereocenters. The molecule has 100 heavy (non-hydrogen) atoms. The summed E-state index contributed by atoms with van der Waals surface area (Å²) in [6, 6.07) is 46.8. The molecule has 0 spiro atoms. The third kappa shape index (κ3) is 18.7. The molecular formula is C78H86ClFN11O9+. The van der Waals surface area contributed by atoms with E-state index in [9.17, 15) is 43.1 Å². The van der Waals surface area contributed by atoms with E-state index in [1.165, 1.54) is 10.7 Å². The summed E-state index contributed by atoms with van der Waals surface area (Å²) in [5.74, 6) is -2.08. The van der Waals surface area contributed by atoms with Crippen molar-refractivity contribution in [3.05, 3.63) is 225 Å². The molecule has 2 aliphatic heterocycles. The summed E-state index contributed by atoms with van der Waals surface area (Å²) in [6.45, 7) is 13.4. The number of hydrogen-bond acceptors (Lipinski definition) is 12. The van der Waals surface area contributed by atoms with Gasteiger partial charge in [-0.3, -0.25) is 33.6 Å². The van der Waals surface area contributed by atoms with E-state index in [1.807, 2.05) is 60.7 Å². The summed E-state index contributed by atoms with van der Waals surface area (Å²) in [5, 5.41) is 33.2. The highest BCUT2D eigenvalue weighted by molar-refractivity contribution is 6.33.